The largest absolute Gasteiger partial charge is 0.339 e. The topological polar surface area (TPSA) is 33.2 Å². The van der Waals surface area contributed by atoms with E-state index in [-0.39, 0.29) is 16.9 Å². The molecule has 1 aromatic carbocycles. The van der Waals surface area contributed by atoms with Crippen molar-refractivity contribution in [3.05, 3.63) is 63.6 Å². The maximum absolute atomic E-state index is 13.0. The molecule has 1 aliphatic heterocycles. The van der Waals surface area contributed by atoms with E-state index in [1.54, 1.807) is 4.90 Å². The maximum Gasteiger partial charge on any atom is 0.255 e. The summed E-state index contributed by atoms with van der Waals surface area (Å²) in [6.45, 7) is 1.36. The average molecular weight is 367 g/mol. The minimum absolute atomic E-state index is 0.107. The van der Waals surface area contributed by atoms with Gasteiger partial charge in [0.05, 0.1) is 10.6 Å². The normalized spacial score (nSPS) is 15.5. The van der Waals surface area contributed by atoms with Crippen molar-refractivity contribution in [2.45, 2.75) is 19.3 Å². The lowest BCUT2D eigenvalue weighted by atomic mass is 9.90. The number of piperidine rings is 1. The number of likely N-dealkylation sites (tertiary alicyclic amines) is 1. The molecule has 0 saturated carbocycles. The molecule has 0 bridgehead atoms. The van der Waals surface area contributed by atoms with Crippen LogP contribution in [0.3, 0.4) is 0 Å². The van der Waals surface area contributed by atoms with E-state index in [2.05, 4.69) is 4.98 Å². The Morgan fingerprint density at radius 2 is 1.88 bits per heavy atom. The van der Waals surface area contributed by atoms with E-state index in [0.29, 0.717) is 29.6 Å². The Morgan fingerprint density at radius 3 is 2.54 bits per heavy atom. The second-order valence-corrected chi connectivity index (χ2v) is 6.85. The number of hydrogen-bond acceptors (Lipinski definition) is 2. The quantitative estimate of drug-likeness (QED) is 0.742. The monoisotopic (exact) mass is 366 g/mol. The molecule has 1 saturated heterocycles. The molecule has 1 aliphatic rings. The first-order valence-corrected chi connectivity index (χ1v) is 8.63. The number of nitrogens with zero attached hydrogens (tertiary/aromatic N) is 2. The molecule has 0 aliphatic carbocycles. The molecule has 2 aromatic rings. The number of halogens is 3. The van der Waals surface area contributed by atoms with E-state index in [1.165, 1.54) is 24.4 Å². The summed E-state index contributed by atoms with van der Waals surface area (Å²) in [5.74, 6) is 0.174. The fourth-order valence-corrected chi connectivity index (χ4v) is 3.38. The summed E-state index contributed by atoms with van der Waals surface area (Å²) in [5, 5.41) is 0.576. The number of aromatic nitrogens is 1. The van der Waals surface area contributed by atoms with Gasteiger partial charge in [-0.05, 0) is 48.9 Å². The summed E-state index contributed by atoms with van der Waals surface area (Å²) in [6.07, 6.45) is 4.14. The van der Waals surface area contributed by atoms with E-state index >= 15 is 0 Å². The molecular weight excluding hydrogens is 350 g/mol. The van der Waals surface area contributed by atoms with Gasteiger partial charge in [0, 0.05) is 19.3 Å². The highest BCUT2D eigenvalue weighted by Crippen LogP contribution is 2.25. The lowest BCUT2D eigenvalue weighted by Gasteiger charge is -2.32. The van der Waals surface area contributed by atoms with Crippen molar-refractivity contribution in [1.29, 1.82) is 0 Å². The Bertz CT molecular complexity index is 728. The van der Waals surface area contributed by atoms with Gasteiger partial charge in [-0.15, -0.1) is 0 Å². The Morgan fingerprint density at radius 1 is 1.21 bits per heavy atom. The lowest BCUT2D eigenvalue weighted by Crippen LogP contribution is -2.39. The van der Waals surface area contributed by atoms with E-state index in [9.17, 15) is 9.18 Å². The fourth-order valence-electron chi connectivity index (χ4n) is 3.04. The number of benzene rings is 1. The van der Waals surface area contributed by atoms with Gasteiger partial charge in [-0.3, -0.25) is 4.79 Å². The summed E-state index contributed by atoms with van der Waals surface area (Å²) in [4.78, 5) is 18.3. The number of hydrogen-bond donors (Lipinski definition) is 0. The van der Waals surface area contributed by atoms with Crippen LogP contribution in [0.15, 0.2) is 36.5 Å². The Balaban J connectivity index is 1.59. The van der Waals surface area contributed by atoms with Crippen LogP contribution in [0, 0.1) is 11.7 Å². The third-order valence-electron chi connectivity index (χ3n) is 4.39. The van der Waals surface area contributed by atoms with Crippen LogP contribution in [0.1, 0.15) is 28.8 Å². The van der Waals surface area contributed by atoms with Gasteiger partial charge >= 0.3 is 0 Å². The number of pyridine rings is 1. The molecule has 3 rings (SSSR count). The summed E-state index contributed by atoms with van der Waals surface area (Å²) in [6, 6.07) is 8.14. The number of carbonyl (C=O) groups is 1. The molecule has 126 valence electrons. The molecule has 24 heavy (non-hydrogen) atoms. The molecule has 0 atom stereocenters. The molecule has 0 spiro atoms. The summed E-state index contributed by atoms with van der Waals surface area (Å²) in [5.41, 5.74) is 1.53. The standard InChI is InChI=1S/C18H17Cl2FN2O/c19-16-11-22-17(20)10-15(16)18(24)23-7-5-13(6-8-23)9-12-1-3-14(21)4-2-12/h1-4,10-11,13H,5-9H2. The van der Waals surface area contributed by atoms with Crippen LogP contribution in [0.25, 0.3) is 0 Å². The van der Waals surface area contributed by atoms with Crippen LogP contribution in [0.2, 0.25) is 10.2 Å². The van der Waals surface area contributed by atoms with Gasteiger partial charge in [0.1, 0.15) is 11.0 Å². The molecule has 0 radical (unpaired) electrons. The minimum atomic E-state index is -0.216. The zero-order chi connectivity index (χ0) is 17.1. The van der Waals surface area contributed by atoms with Gasteiger partial charge in [0.15, 0.2) is 0 Å². The second kappa shape index (κ2) is 7.49. The van der Waals surface area contributed by atoms with Crippen molar-refractivity contribution in [3.8, 4) is 0 Å². The van der Waals surface area contributed by atoms with Crippen molar-refractivity contribution in [2.24, 2.45) is 5.92 Å². The van der Waals surface area contributed by atoms with Crippen molar-refractivity contribution in [2.75, 3.05) is 13.1 Å². The highest BCUT2D eigenvalue weighted by atomic mass is 35.5. The first kappa shape index (κ1) is 17.2. The van der Waals surface area contributed by atoms with Gasteiger partial charge in [-0.25, -0.2) is 9.37 Å². The van der Waals surface area contributed by atoms with Crippen molar-refractivity contribution in [1.82, 2.24) is 9.88 Å². The zero-order valence-electron chi connectivity index (χ0n) is 13.0. The molecule has 3 nitrogen and oxygen atoms in total. The van der Waals surface area contributed by atoms with Gasteiger partial charge in [-0.2, -0.15) is 0 Å². The van der Waals surface area contributed by atoms with Gasteiger partial charge < -0.3 is 4.90 Å². The highest BCUT2D eigenvalue weighted by molar-refractivity contribution is 6.35. The first-order chi connectivity index (χ1) is 11.5. The van der Waals surface area contributed by atoms with Crippen LogP contribution in [0.4, 0.5) is 4.39 Å². The van der Waals surface area contributed by atoms with Gasteiger partial charge in [0.25, 0.3) is 5.91 Å². The van der Waals surface area contributed by atoms with Gasteiger partial charge in [0.2, 0.25) is 0 Å². The van der Waals surface area contributed by atoms with Crippen LogP contribution in [-0.4, -0.2) is 28.9 Å². The van der Waals surface area contributed by atoms with Crippen LogP contribution in [-0.2, 0) is 6.42 Å². The third-order valence-corrected chi connectivity index (χ3v) is 4.90. The number of rotatable bonds is 3. The molecule has 1 amide bonds. The van der Waals surface area contributed by atoms with Gasteiger partial charge in [-0.1, -0.05) is 35.3 Å². The van der Waals surface area contributed by atoms with Crippen molar-refractivity contribution >= 4 is 29.1 Å². The first-order valence-electron chi connectivity index (χ1n) is 7.87. The molecule has 0 unspecified atom stereocenters. The maximum atomic E-state index is 13.0. The van der Waals surface area contributed by atoms with E-state index in [4.69, 9.17) is 23.2 Å². The number of amides is 1. The van der Waals surface area contributed by atoms with Crippen LogP contribution < -0.4 is 0 Å². The smallest absolute Gasteiger partial charge is 0.255 e. The SMILES string of the molecule is O=C(c1cc(Cl)ncc1Cl)N1CCC(Cc2ccc(F)cc2)CC1. The average Bonchev–Trinajstić information content (AvgIpc) is 2.59. The van der Waals surface area contributed by atoms with Crippen molar-refractivity contribution in [3.63, 3.8) is 0 Å². The van der Waals surface area contributed by atoms with Crippen LogP contribution in [0.5, 0.6) is 0 Å². The Labute approximate surface area is 150 Å². The molecule has 2 heterocycles. The van der Waals surface area contributed by atoms with Crippen molar-refractivity contribution < 1.29 is 9.18 Å². The summed E-state index contributed by atoms with van der Waals surface area (Å²) >= 11 is 11.9. The van der Waals surface area contributed by atoms with E-state index in [0.717, 1.165) is 24.8 Å². The second-order valence-electron chi connectivity index (χ2n) is 6.05. The predicted octanol–water partition coefficient (Wildman–Crippen LogP) is 4.62. The zero-order valence-corrected chi connectivity index (χ0v) is 14.5. The summed E-state index contributed by atoms with van der Waals surface area (Å²) < 4.78 is 13.0. The Hall–Kier alpha value is -1.65. The van der Waals surface area contributed by atoms with E-state index < -0.39 is 0 Å². The fraction of sp³-hybridized carbons (Fsp3) is 0.333. The van der Waals surface area contributed by atoms with Crippen LogP contribution >= 0.6 is 23.2 Å². The molecule has 0 N–H and O–H groups in total. The highest BCUT2D eigenvalue weighted by Gasteiger charge is 2.25. The predicted molar refractivity (Wildman–Crippen MR) is 93.0 cm³/mol. The molecule has 1 aromatic heterocycles. The summed E-state index contributed by atoms with van der Waals surface area (Å²) in [7, 11) is 0. The lowest BCUT2D eigenvalue weighted by molar-refractivity contribution is 0.0690. The molecule has 1 fully saturated rings. The molecule has 6 heteroatoms. The number of carbonyl (C=O) groups excluding carboxylic acids is 1. The molecular formula is C18H17Cl2FN2O. The Kier molecular flexibility index (Phi) is 5.36. The van der Waals surface area contributed by atoms with E-state index in [1.807, 2.05) is 12.1 Å². The third kappa shape index (κ3) is 4.05. The minimum Gasteiger partial charge on any atom is -0.339 e.